The van der Waals surface area contributed by atoms with Gasteiger partial charge in [-0.1, -0.05) is 6.07 Å². The molecule has 2 aromatic heterocycles. The predicted molar refractivity (Wildman–Crippen MR) is 169 cm³/mol. The molecule has 0 atom stereocenters. The zero-order valence-electron chi connectivity index (χ0n) is 24.8. The van der Waals surface area contributed by atoms with E-state index < -0.39 is 9.84 Å². The number of pyridine rings is 1. The fraction of sp³-hybridized carbons (Fsp3) is 0.312. The third-order valence-corrected chi connectivity index (χ3v) is 9.24. The zero-order chi connectivity index (χ0) is 31.3. The standard InChI is InChI=1S/C32H34N4O6S2/c1-4-41-31(38)22-11-14-36(15-12-22)19-25-20-43-32(34-25)35-30(37)24-16-23(29-21(2)6-5-13-33-29)17-27(18-24)42-26-7-9-28(10-8-26)44(3,39)40/h5-10,13,16-18,20,22H,4,11-12,14-15,19H2,1-3H3,(H,34,35,37). The van der Waals surface area contributed by atoms with Crippen LogP contribution < -0.4 is 10.1 Å². The Morgan fingerprint density at radius 2 is 1.82 bits per heavy atom. The molecule has 1 aliphatic rings. The van der Waals surface area contributed by atoms with Crippen molar-refractivity contribution in [1.82, 2.24) is 14.9 Å². The van der Waals surface area contributed by atoms with Crippen LogP contribution in [0.4, 0.5) is 5.13 Å². The van der Waals surface area contributed by atoms with Crippen LogP contribution >= 0.6 is 11.3 Å². The fourth-order valence-electron chi connectivity index (χ4n) is 5.03. The maximum Gasteiger partial charge on any atom is 0.309 e. The summed E-state index contributed by atoms with van der Waals surface area (Å²) in [4.78, 5) is 37.1. The first kappa shape index (κ1) is 31.3. The number of amides is 1. The SMILES string of the molecule is CCOC(=O)C1CCN(Cc2csc(NC(=O)c3cc(Oc4ccc(S(C)(=O)=O)cc4)cc(-c4ncccc4C)c3)n2)CC1. The summed E-state index contributed by atoms with van der Waals surface area (Å²) < 4.78 is 34.9. The molecule has 1 amide bonds. The molecule has 230 valence electrons. The van der Waals surface area contributed by atoms with Gasteiger partial charge in [0, 0.05) is 35.5 Å². The van der Waals surface area contributed by atoms with Gasteiger partial charge in [0.15, 0.2) is 15.0 Å². The maximum atomic E-state index is 13.5. The molecule has 10 nitrogen and oxygen atoms in total. The highest BCUT2D eigenvalue weighted by Crippen LogP contribution is 2.31. The number of nitrogens with one attached hydrogen (secondary N) is 1. The molecule has 3 heterocycles. The number of rotatable bonds is 10. The van der Waals surface area contributed by atoms with Crippen molar-refractivity contribution in [3.63, 3.8) is 0 Å². The third kappa shape index (κ3) is 7.87. The van der Waals surface area contributed by atoms with Gasteiger partial charge in [-0.15, -0.1) is 11.3 Å². The number of benzene rings is 2. The Labute approximate surface area is 261 Å². The van der Waals surface area contributed by atoms with E-state index in [1.807, 2.05) is 31.4 Å². The fourth-order valence-corrected chi connectivity index (χ4v) is 6.35. The minimum Gasteiger partial charge on any atom is -0.466 e. The molecule has 0 bridgehead atoms. The van der Waals surface area contributed by atoms with Gasteiger partial charge >= 0.3 is 5.97 Å². The van der Waals surface area contributed by atoms with Crippen LogP contribution in [0.2, 0.25) is 0 Å². The second-order valence-electron chi connectivity index (χ2n) is 10.7. The van der Waals surface area contributed by atoms with Crippen molar-refractivity contribution in [2.75, 3.05) is 31.3 Å². The Balaban J connectivity index is 1.31. The highest BCUT2D eigenvalue weighted by atomic mass is 32.2. The number of anilines is 1. The van der Waals surface area contributed by atoms with Crippen molar-refractivity contribution < 1.29 is 27.5 Å². The lowest BCUT2D eigenvalue weighted by Gasteiger charge is -2.30. The van der Waals surface area contributed by atoms with Gasteiger partial charge in [-0.3, -0.25) is 24.8 Å². The highest BCUT2D eigenvalue weighted by Gasteiger charge is 2.26. The van der Waals surface area contributed by atoms with Crippen molar-refractivity contribution >= 4 is 38.2 Å². The van der Waals surface area contributed by atoms with Crippen molar-refractivity contribution in [3.8, 4) is 22.8 Å². The Morgan fingerprint density at radius 1 is 1.07 bits per heavy atom. The number of esters is 1. The molecular formula is C32H34N4O6S2. The van der Waals surface area contributed by atoms with E-state index in [0.717, 1.165) is 43.4 Å². The van der Waals surface area contributed by atoms with Crippen LogP contribution in [0.3, 0.4) is 0 Å². The molecule has 44 heavy (non-hydrogen) atoms. The number of carbonyl (C=O) groups is 2. The molecule has 0 aliphatic carbocycles. The molecule has 5 rings (SSSR count). The van der Waals surface area contributed by atoms with Gasteiger partial charge in [-0.05, 0) is 93.9 Å². The van der Waals surface area contributed by atoms with Crippen molar-refractivity contribution in [2.45, 2.75) is 38.1 Å². The van der Waals surface area contributed by atoms with Crippen molar-refractivity contribution in [3.05, 3.63) is 83.0 Å². The number of thiazole rings is 1. The predicted octanol–water partition coefficient (Wildman–Crippen LogP) is 5.74. The number of likely N-dealkylation sites (tertiary alicyclic amines) is 1. The van der Waals surface area contributed by atoms with E-state index >= 15 is 0 Å². The summed E-state index contributed by atoms with van der Waals surface area (Å²) >= 11 is 1.35. The molecule has 2 aromatic carbocycles. The van der Waals surface area contributed by atoms with Crippen LogP contribution in [0.1, 0.15) is 41.4 Å². The molecule has 12 heteroatoms. The van der Waals surface area contributed by atoms with E-state index in [1.54, 1.807) is 36.5 Å². The average Bonchev–Trinajstić information content (AvgIpc) is 3.44. The minimum absolute atomic E-state index is 0.0529. The second kappa shape index (κ2) is 13.7. The molecule has 4 aromatic rings. The number of ether oxygens (including phenoxy) is 2. The molecule has 1 fully saturated rings. The van der Waals surface area contributed by atoms with Crippen LogP contribution in [0.15, 0.2) is 71.1 Å². The van der Waals surface area contributed by atoms with Gasteiger partial charge in [0.2, 0.25) is 0 Å². The van der Waals surface area contributed by atoms with Crippen LogP contribution in [0, 0.1) is 12.8 Å². The van der Waals surface area contributed by atoms with E-state index in [9.17, 15) is 18.0 Å². The Bertz CT molecular complexity index is 1750. The molecule has 1 N–H and O–H groups in total. The number of aryl methyl sites for hydroxylation is 1. The summed E-state index contributed by atoms with van der Waals surface area (Å²) in [6.07, 6.45) is 4.35. The number of carbonyl (C=O) groups excluding carboxylic acids is 2. The lowest BCUT2D eigenvalue weighted by Crippen LogP contribution is -2.36. The van der Waals surface area contributed by atoms with Crippen LogP contribution in [-0.2, 0) is 25.9 Å². The van der Waals surface area contributed by atoms with E-state index in [4.69, 9.17) is 9.47 Å². The first-order chi connectivity index (χ1) is 21.1. The molecule has 1 saturated heterocycles. The summed E-state index contributed by atoms with van der Waals surface area (Å²) in [7, 11) is -3.34. The number of hydrogen-bond donors (Lipinski definition) is 1. The summed E-state index contributed by atoms with van der Waals surface area (Å²) in [5, 5.41) is 5.31. The number of sulfone groups is 1. The van der Waals surface area contributed by atoms with E-state index in [1.165, 1.54) is 23.5 Å². The average molecular weight is 635 g/mol. The highest BCUT2D eigenvalue weighted by molar-refractivity contribution is 7.90. The summed E-state index contributed by atoms with van der Waals surface area (Å²) in [5.41, 5.74) is 3.55. The monoisotopic (exact) mass is 634 g/mol. The normalized spacial score (nSPS) is 14.2. The van der Waals surface area contributed by atoms with Gasteiger partial charge in [0.05, 0.1) is 28.8 Å². The largest absolute Gasteiger partial charge is 0.466 e. The lowest BCUT2D eigenvalue weighted by molar-refractivity contribution is -0.149. The quantitative estimate of drug-likeness (QED) is 0.217. The Morgan fingerprint density at radius 3 is 2.50 bits per heavy atom. The lowest BCUT2D eigenvalue weighted by atomic mass is 9.97. The van der Waals surface area contributed by atoms with Crippen molar-refractivity contribution in [2.24, 2.45) is 5.92 Å². The van der Waals surface area contributed by atoms with Crippen LogP contribution in [0.5, 0.6) is 11.5 Å². The Kier molecular flexibility index (Phi) is 9.72. The third-order valence-electron chi connectivity index (χ3n) is 7.30. The zero-order valence-corrected chi connectivity index (χ0v) is 26.4. The topological polar surface area (TPSA) is 128 Å². The molecule has 0 radical (unpaired) electrons. The van der Waals surface area contributed by atoms with Gasteiger partial charge in [0.1, 0.15) is 11.5 Å². The van der Waals surface area contributed by atoms with Gasteiger partial charge in [-0.2, -0.15) is 0 Å². The first-order valence-corrected chi connectivity index (χ1v) is 17.1. The number of hydrogen-bond acceptors (Lipinski definition) is 10. The number of piperidine rings is 1. The van der Waals surface area contributed by atoms with E-state index in [0.29, 0.717) is 46.6 Å². The second-order valence-corrected chi connectivity index (χ2v) is 13.5. The smallest absolute Gasteiger partial charge is 0.309 e. The van der Waals surface area contributed by atoms with Gasteiger partial charge in [-0.25, -0.2) is 13.4 Å². The molecular weight excluding hydrogens is 601 g/mol. The van der Waals surface area contributed by atoms with E-state index in [-0.39, 0.29) is 22.7 Å². The molecule has 1 aliphatic heterocycles. The minimum atomic E-state index is -3.34. The van der Waals surface area contributed by atoms with Crippen molar-refractivity contribution in [1.29, 1.82) is 0 Å². The first-order valence-electron chi connectivity index (χ1n) is 14.3. The molecule has 0 saturated carbocycles. The van der Waals surface area contributed by atoms with Gasteiger partial charge < -0.3 is 9.47 Å². The van der Waals surface area contributed by atoms with Gasteiger partial charge in [0.25, 0.3) is 5.91 Å². The maximum absolute atomic E-state index is 13.5. The molecule has 0 unspecified atom stereocenters. The summed E-state index contributed by atoms with van der Waals surface area (Å²) in [6.45, 7) is 6.35. The van der Waals surface area contributed by atoms with Crippen LogP contribution in [-0.4, -0.2) is 61.1 Å². The summed E-state index contributed by atoms with van der Waals surface area (Å²) in [5.74, 6) is 0.300. The molecule has 0 spiro atoms. The Hall–Kier alpha value is -4.13. The summed E-state index contributed by atoms with van der Waals surface area (Å²) in [6, 6.07) is 15.1. The number of nitrogens with zero attached hydrogens (tertiary/aromatic N) is 3. The number of aromatic nitrogens is 2. The van der Waals surface area contributed by atoms with Crippen LogP contribution in [0.25, 0.3) is 11.3 Å². The van der Waals surface area contributed by atoms with E-state index in [2.05, 4.69) is 20.2 Å².